The Hall–Kier alpha value is -2.67. The van der Waals surface area contributed by atoms with Crippen molar-refractivity contribution in [1.29, 1.82) is 0 Å². The molecule has 2 aromatic carbocycles. The summed E-state index contributed by atoms with van der Waals surface area (Å²) < 4.78 is 3.56. The van der Waals surface area contributed by atoms with Crippen LogP contribution in [0.1, 0.15) is 5.56 Å². The Kier molecular flexibility index (Phi) is 4.01. The predicted octanol–water partition coefficient (Wildman–Crippen LogP) is 5.40. The standard InChI is InChI=1S/C19H11Cl3N6/c1-10-2-4-12(20)7-16(10)28-18-13(8-24-28)19-26-25-17(27(19)9-23-18)11-3-5-14(21)15(22)6-11/h2-9H,1H3. The van der Waals surface area contributed by atoms with Crippen molar-refractivity contribution in [3.8, 4) is 17.1 Å². The molecule has 5 rings (SSSR count). The van der Waals surface area contributed by atoms with E-state index in [0.717, 1.165) is 22.2 Å². The third-order valence-electron chi connectivity index (χ3n) is 4.55. The number of halogens is 3. The van der Waals surface area contributed by atoms with Crippen LogP contribution in [0.2, 0.25) is 15.1 Å². The summed E-state index contributed by atoms with van der Waals surface area (Å²) in [5.74, 6) is 0.620. The van der Waals surface area contributed by atoms with E-state index in [2.05, 4.69) is 20.3 Å². The lowest BCUT2D eigenvalue weighted by Crippen LogP contribution is -2.01. The number of hydrogen-bond donors (Lipinski definition) is 0. The third-order valence-corrected chi connectivity index (χ3v) is 5.53. The monoisotopic (exact) mass is 428 g/mol. The van der Waals surface area contributed by atoms with Gasteiger partial charge in [-0.25, -0.2) is 9.67 Å². The van der Waals surface area contributed by atoms with Gasteiger partial charge >= 0.3 is 0 Å². The molecule has 0 saturated heterocycles. The van der Waals surface area contributed by atoms with Crippen molar-refractivity contribution in [2.45, 2.75) is 6.92 Å². The average molecular weight is 430 g/mol. The highest BCUT2D eigenvalue weighted by molar-refractivity contribution is 6.42. The van der Waals surface area contributed by atoms with Crippen LogP contribution in [0.3, 0.4) is 0 Å². The van der Waals surface area contributed by atoms with Crippen LogP contribution in [0.25, 0.3) is 33.8 Å². The Balaban J connectivity index is 1.72. The zero-order valence-corrected chi connectivity index (χ0v) is 16.7. The fourth-order valence-electron chi connectivity index (χ4n) is 3.14. The molecular weight excluding hydrogens is 419 g/mol. The van der Waals surface area contributed by atoms with Gasteiger partial charge in [0.15, 0.2) is 17.1 Å². The molecule has 0 radical (unpaired) electrons. The Morgan fingerprint density at radius 2 is 1.75 bits per heavy atom. The maximum atomic E-state index is 6.17. The number of aromatic nitrogens is 6. The van der Waals surface area contributed by atoms with Crippen LogP contribution < -0.4 is 0 Å². The fourth-order valence-corrected chi connectivity index (χ4v) is 3.60. The summed E-state index contributed by atoms with van der Waals surface area (Å²) in [5.41, 5.74) is 4.02. The van der Waals surface area contributed by atoms with Gasteiger partial charge < -0.3 is 0 Å². The molecule has 0 saturated carbocycles. The number of benzene rings is 2. The van der Waals surface area contributed by atoms with Crippen LogP contribution in [-0.4, -0.2) is 29.4 Å². The van der Waals surface area contributed by atoms with Gasteiger partial charge in [0, 0.05) is 10.6 Å². The van der Waals surface area contributed by atoms with Gasteiger partial charge in [0.25, 0.3) is 0 Å². The smallest absolute Gasteiger partial charge is 0.175 e. The Bertz CT molecular complexity index is 1370. The van der Waals surface area contributed by atoms with Crippen molar-refractivity contribution in [2.75, 3.05) is 0 Å². The molecule has 0 amide bonds. The SMILES string of the molecule is Cc1ccc(Cl)cc1-n1ncc2c1ncn1c(-c3ccc(Cl)c(Cl)c3)nnc21. The van der Waals surface area contributed by atoms with Crippen molar-refractivity contribution in [3.63, 3.8) is 0 Å². The normalized spacial score (nSPS) is 11.6. The summed E-state index contributed by atoms with van der Waals surface area (Å²) >= 11 is 18.3. The lowest BCUT2D eigenvalue weighted by atomic mass is 10.2. The first-order valence-corrected chi connectivity index (χ1v) is 9.46. The summed E-state index contributed by atoms with van der Waals surface area (Å²) in [6.07, 6.45) is 3.40. The van der Waals surface area contributed by atoms with Gasteiger partial charge in [-0.1, -0.05) is 40.9 Å². The minimum absolute atomic E-state index is 0.453. The number of nitrogens with zero attached hydrogens (tertiary/aromatic N) is 6. The van der Waals surface area contributed by atoms with Gasteiger partial charge in [-0.05, 0) is 42.8 Å². The number of fused-ring (bicyclic) bond motifs is 3. The van der Waals surface area contributed by atoms with E-state index in [1.807, 2.05) is 31.2 Å². The first-order valence-electron chi connectivity index (χ1n) is 8.32. The molecule has 0 aliphatic carbocycles. The summed E-state index contributed by atoms with van der Waals surface area (Å²) in [6.45, 7) is 2.00. The molecular formula is C19H11Cl3N6. The van der Waals surface area contributed by atoms with E-state index in [4.69, 9.17) is 34.8 Å². The van der Waals surface area contributed by atoms with Gasteiger partial charge in [0.1, 0.15) is 6.33 Å². The molecule has 28 heavy (non-hydrogen) atoms. The maximum Gasteiger partial charge on any atom is 0.175 e. The van der Waals surface area contributed by atoms with Crippen LogP contribution in [0.4, 0.5) is 0 Å². The molecule has 6 nitrogen and oxygen atoms in total. The van der Waals surface area contributed by atoms with Crippen LogP contribution in [0.15, 0.2) is 48.9 Å². The summed E-state index contributed by atoms with van der Waals surface area (Å²) in [5, 5.41) is 15.5. The molecule has 0 bridgehead atoms. The quantitative estimate of drug-likeness (QED) is 0.377. The molecule has 138 valence electrons. The molecule has 3 heterocycles. The van der Waals surface area contributed by atoms with Crippen molar-refractivity contribution in [3.05, 3.63) is 69.6 Å². The molecule has 9 heteroatoms. The topological polar surface area (TPSA) is 60.9 Å². The van der Waals surface area contributed by atoms with Gasteiger partial charge in [-0.2, -0.15) is 5.10 Å². The molecule has 0 N–H and O–H groups in total. The second kappa shape index (κ2) is 6.44. The summed E-state index contributed by atoms with van der Waals surface area (Å²) in [7, 11) is 0. The van der Waals surface area contributed by atoms with Gasteiger partial charge in [-0.15, -0.1) is 10.2 Å². The van der Waals surface area contributed by atoms with E-state index >= 15 is 0 Å². The molecule has 0 aliphatic rings. The Morgan fingerprint density at radius 3 is 2.57 bits per heavy atom. The number of hydrogen-bond acceptors (Lipinski definition) is 4. The zero-order valence-electron chi connectivity index (χ0n) is 14.4. The van der Waals surface area contributed by atoms with Crippen molar-refractivity contribution >= 4 is 51.5 Å². The largest absolute Gasteiger partial charge is 0.265 e. The van der Waals surface area contributed by atoms with Crippen LogP contribution >= 0.6 is 34.8 Å². The van der Waals surface area contributed by atoms with Crippen molar-refractivity contribution < 1.29 is 0 Å². The fraction of sp³-hybridized carbons (Fsp3) is 0.0526. The molecule has 0 aliphatic heterocycles. The highest BCUT2D eigenvalue weighted by Crippen LogP contribution is 2.29. The highest BCUT2D eigenvalue weighted by Gasteiger charge is 2.16. The second-order valence-corrected chi connectivity index (χ2v) is 7.57. The van der Waals surface area contributed by atoms with Crippen LogP contribution in [0, 0.1) is 6.92 Å². The van der Waals surface area contributed by atoms with E-state index in [1.165, 1.54) is 0 Å². The second-order valence-electron chi connectivity index (χ2n) is 6.32. The Labute approximate surface area is 174 Å². The van der Waals surface area contributed by atoms with Gasteiger partial charge in [0.05, 0.1) is 27.3 Å². The summed E-state index contributed by atoms with van der Waals surface area (Å²) in [4.78, 5) is 4.60. The molecule has 5 aromatic rings. The zero-order chi connectivity index (χ0) is 19.4. The van der Waals surface area contributed by atoms with Crippen molar-refractivity contribution in [2.24, 2.45) is 0 Å². The lowest BCUT2D eigenvalue weighted by Gasteiger charge is -2.07. The molecule has 3 aromatic heterocycles. The number of aryl methyl sites for hydroxylation is 1. The van der Waals surface area contributed by atoms with Crippen molar-refractivity contribution in [1.82, 2.24) is 29.4 Å². The van der Waals surface area contributed by atoms with Crippen LogP contribution in [-0.2, 0) is 0 Å². The van der Waals surface area contributed by atoms with Gasteiger partial charge in [-0.3, -0.25) is 4.40 Å². The molecule has 0 atom stereocenters. The first-order chi connectivity index (χ1) is 13.5. The van der Waals surface area contributed by atoms with E-state index in [0.29, 0.717) is 32.2 Å². The molecule has 0 fully saturated rings. The maximum absolute atomic E-state index is 6.17. The summed E-state index contributed by atoms with van der Waals surface area (Å²) in [6, 6.07) is 11.0. The van der Waals surface area contributed by atoms with Crippen LogP contribution in [0.5, 0.6) is 0 Å². The minimum atomic E-state index is 0.453. The number of rotatable bonds is 2. The average Bonchev–Trinajstić information content (AvgIpc) is 3.29. The van der Waals surface area contributed by atoms with E-state index in [1.54, 1.807) is 33.7 Å². The lowest BCUT2D eigenvalue weighted by molar-refractivity contribution is 0.886. The van der Waals surface area contributed by atoms with Gasteiger partial charge in [0.2, 0.25) is 0 Å². The first kappa shape index (κ1) is 17.4. The minimum Gasteiger partial charge on any atom is -0.265 e. The molecule has 0 spiro atoms. The predicted molar refractivity (Wildman–Crippen MR) is 111 cm³/mol. The third kappa shape index (κ3) is 2.64. The van der Waals surface area contributed by atoms with E-state index in [-0.39, 0.29) is 0 Å². The Morgan fingerprint density at radius 1 is 0.893 bits per heavy atom. The highest BCUT2D eigenvalue weighted by atomic mass is 35.5. The van der Waals surface area contributed by atoms with E-state index in [9.17, 15) is 0 Å². The van der Waals surface area contributed by atoms with E-state index < -0.39 is 0 Å². The molecule has 0 unspecified atom stereocenters.